The summed E-state index contributed by atoms with van der Waals surface area (Å²) in [6.45, 7) is 5.12. The second-order valence-corrected chi connectivity index (χ2v) is 8.76. The van der Waals surface area contributed by atoms with Crippen LogP contribution in [0.25, 0.3) is 21.3 Å². The minimum absolute atomic E-state index is 0.0373. The number of amides is 1. The molecule has 0 aliphatic carbocycles. The highest BCUT2D eigenvalue weighted by molar-refractivity contribution is 7.17. The molecule has 1 amide bonds. The zero-order valence-corrected chi connectivity index (χ0v) is 18.6. The molecule has 8 nitrogen and oxygen atoms in total. The fraction of sp³-hybridized carbons (Fsp3) is 0.286. The van der Waals surface area contributed by atoms with E-state index in [9.17, 15) is 23.2 Å². The topological polar surface area (TPSA) is 117 Å². The van der Waals surface area contributed by atoms with Crippen LogP contribution in [0.4, 0.5) is 18.0 Å². The lowest BCUT2D eigenvalue weighted by molar-refractivity contribution is -0.274. The first kappa shape index (κ1) is 24.3. The molecule has 0 aliphatic heterocycles. The number of ether oxygens (including phenoxy) is 2. The standard InChI is InChI=1S/C21H21F3N4O4S/c1-20(2,3)32-19(29)26-9-12-8-14(11-4-6-13(7-5-11)31-21(22,23)24)16-17(33-10-27-16)15(12)18(25)28-30/h4-8,10,30H,9H2,1-3H3,(H2,25,28)(H,26,29). The molecule has 0 radical (unpaired) electrons. The van der Waals surface area contributed by atoms with Gasteiger partial charge in [-0.15, -0.1) is 24.5 Å². The molecular formula is C21H21F3N4O4S. The van der Waals surface area contributed by atoms with Crippen molar-refractivity contribution in [3.8, 4) is 16.9 Å². The number of amidine groups is 1. The minimum Gasteiger partial charge on any atom is -0.444 e. The predicted octanol–water partition coefficient (Wildman–Crippen LogP) is 5.19. The SMILES string of the molecule is CC(C)(C)OC(=O)NCc1cc(-c2ccc(OC(F)(F)F)cc2)c2ncsc2c1C(=N)NO. The third-order valence-electron chi connectivity index (χ3n) is 4.27. The summed E-state index contributed by atoms with van der Waals surface area (Å²) in [5, 5.41) is 20.1. The Morgan fingerprint density at radius 3 is 2.45 bits per heavy atom. The van der Waals surface area contributed by atoms with Crippen LogP contribution < -0.4 is 15.5 Å². The van der Waals surface area contributed by atoms with Crippen LogP contribution >= 0.6 is 11.3 Å². The predicted molar refractivity (Wildman–Crippen MR) is 117 cm³/mol. The summed E-state index contributed by atoms with van der Waals surface area (Å²) in [5.74, 6) is -0.666. The maximum atomic E-state index is 12.5. The summed E-state index contributed by atoms with van der Waals surface area (Å²) < 4.78 is 47.1. The number of alkyl carbamates (subject to hydrolysis) is 1. The largest absolute Gasteiger partial charge is 0.573 e. The number of carbonyl (C=O) groups excluding carboxylic acids is 1. The first-order chi connectivity index (χ1) is 15.4. The van der Waals surface area contributed by atoms with E-state index in [0.29, 0.717) is 32.5 Å². The summed E-state index contributed by atoms with van der Waals surface area (Å²) in [7, 11) is 0. The highest BCUT2D eigenvalue weighted by atomic mass is 32.1. The summed E-state index contributed by atoms with van der Waals surface area (Å²) in [5.41, 5.74) is 5.05. The van der Waals surface area contributed by atoms with Gasteiger partial charge < -0.3 is 14.8 Å². The van der Waals surface area contributed by atoms with Crippen LogP contribution in [0.15, 0.2) is 35.8 Å². The Morgan fingerprint density at radius 1 is 1.21 bits per heavy atom. The number of halogens is 3. The Morgan fingerprint density at radius 2 is 1.88 bits per heavy atom. The maximum absolute atomic E-state index is 12.5. The Balaban J connectivity index is 2.03. The minimum atomic E-state index is -4.80. The van der Waals surface area contributed by atoms with Crippen LogP contribution in [0.3, 0.4) is 0 Å². The Hall–Kier alpha value is -3.38. The molecule has 1 heterocycles. The van der Waals surface area contributed by atoms with E-state index in [-0.39, 0.29) is 18.1 Å². The molecule has 3 aromatic rings. The lowest BCUT2D eigenvalue weighted by Crippen LogP contribution is -2.33. The fourth-order valence-corrected chi connectivity index (χ4v) is 3.97. The molecule has 3 rings (SSSR count). The molecule has 2 aromatic carbocycles. The van der Waals surface area contributed by atoms with Crippen LogP contribution in [0.5, 0.6) is 5.75 Å². The fourth-order valence-electron chi connectivity index (χ4n) is 3.08. The van der Waals surface area contributed by atoms with E-state index in [2.05, 4.69) is 15.0 Å². The van der Waals surface area contributed by atoms with Crippen LogP contribution in [0.2, 0.25) is 0 Å². The monoisotopic (exact) mass is 482 g/mol. The molecule has 176 valence electrons. The second-order valence-electron chi connectivity index (χ2n) is 7.90. The number of alkyl halides is 3. The second kappa shape index (κ2) is 9.24. The molecular weight excluding hydrogens is 461 g/mol. The Labute approximate surface area is 190 Å². The van der Waals surface area contributed by atoms with Gasteiger partial charge in [-0.2, -0.15) is 0 Å². The Kier molecular flexibility index (Phi) is 6.79. The number of nitrogens with zero attached hydrogens (tertiary/aromatic N) is 1. The summed E-state index contributed by atoms with van der Waals surface area (Å²) in [4.78, 5) is 16.5. The van der Waals surface area contributed by atoms with E-state index in [0.717, 1.165) is 0 Å². The highest BCUT2D eigenvalue weighted by Crippen LogP contribution is 2.36. The molecule has 0 saturated carbocycles. The van der Waals surface area contributed by atoms with Crippen LogP contribution in [0, 0.1) is 5.41 Å². The number of fused-ring (bicyclic) bond motifs is 1. The zero-order chi connectivity index (χ0) is 24.4. The summed E-state index contributed by atoms with van der Waals surface area (Å²) in [6.07, 6.45) is -5.47. The summed E-state index contributed by atoms with van der Waals surface area (Å²) >= 11 is 1.22. The van der Waals surface area contributed by atoms with Crippen molar-refractivity contribution in [2.24, 2.45) is 0 Å². The molecule has 0 spiro atoms. The average molecular weight is 482 g/mol. The average Bonchev–Trinajstić information content (AvgIpc) is 3.18. The van der Waals surface area contributed by atoms with E-state index in [4.69, 9.17) is 10.1 Å². The third kappa shape index (κ3) is 6.11. The molecule has 0 atom stereocenters. The van der Waals surface area contributed by atoms with Gasteiger partial charge in [-0.1, -0.05) is 12.1 Å². The van der Waals surface area contributed by atoms with Crippen molar-refractivity contribution < 1.29 is 32.6 Å². The van der Waals surface area contributed by atoms with Crippen LogP contribution in [-0.4, -0.2) is 34.1 Å². The van der Waals surface area contributed by atoms with Gasteiger partial charge in [-0.25, -0.2) is 9.78 Å². The van der Waals surface area contributed by atoms with Gasteiger partial charge in [0.15, 0.2) is 5.84 Å². The number of nitrogens with one attached hydrogen (secondary N) is 3. The first-order valence-corrected chi connectivity index (χ1v) is 10.5. The maximum Gasteiger partial charge on any atom is 0.573 e. The van der Waals surface area contributed by atoms with Gasteiger partial charge in [0.25, 0.3) is 0 Å². The van der Waals surface area contributed by atoms with Crippen molar-refractivity contribution >= 4 is 33.5 Å². The smallest absolute Gasteiger partial charge is 0.444 e. The Bertz CT molecular complexity index is 1170. The molecule has 0 saturated heterocycles. The van der Waals surface area contributed by atoms with Gasteiger partial charge in [-0.3, -0.25) is 16.1 Å². The van der Waals surface area contributed by atoms with Gasteiger partial charge in [0.05, 0.1) is 15.7 Å². The highest BCUT2D eigenvalue weighted by Gasteiger charge is 2.31. The number of carbonyl (C=O) groups is 1. The van der Waals surface area contributed by atoms with Crippen molar-refractivity contribution in [2.45, 2.75) is 39.3 Å². The number of thiazole rings is 1. The number of hydrogen-bond acceptors (Lipinski definition) is 7. The lowest BCUT2D eigenvalue weighted by Gasteiger charge is -2.20. The molecule has 12 heteroatoms. The van der Waals surface area contributed by atoms with Crippen molar-refractivity contribution in [3.63, 3.8) is 0 Å². The van der Waals surface area contributed by atoms with Crippen LogP contribution in [0.1, 0.15) is 31.9 Å². The number of aromatic nitrogens is 1. The number of hydrogen-bond donors (Lipinski definition) is 4. The van der Waals surface area contributed by atoms with Gasteiger partial charge in [0.1, 0.15) is 11.4 Å². The molecule has 4 N–H and O–H groups in total. The van der Waals surface area contributed by atoms with Crippen molar-refractivity contribution in [1.82, 2.24) is 15.8 Å². The van der Waals surface area contributed by atoms with E-state index < -0.39 is 18.1 Å². The number of rotatable bonds is 5. The number of hydroxylamine groups is 1. The van der Waals surface area contributed by atoms with E-state index in [1.54, 1.807) is 32.3 Å². The van der Waals surface area contributed by atoms with Gasteiger partial charge in [0.2, 0.25) is 0 Å². The van der Waals surface area contributed by atoms with Crippen LogP contribution in [-0.2, 0) is 11.3 Å². The van der Waals surface area contributed by atoms with Crippen molar-refractivity contribution in [2.75, 3.05) is 0 Å². The van der Waals surface area contributed by atoms with E-state index in [1.807, 2.05) is 5.48 Å². The van der Waals surface area contributed by atoms with Crippen molar-refractivity contribution in [3.05, 3.63) is 47.0 Å². The number of benzene rings is 2. The molecule has 33 heavy (non-hydrogen) atoms. The summed E-state index contributed by atoms with van der Waals surface area (Å²) in [6, 6.07) is 6.93. The zero-order valence-electron chi connectivity index (χ0n) is 17.8. The molecule has 0 bridgehead atoms. The third-order valence-corrected chi connectivity index (χ3v) is 5.12. The normalized spacial score (nSPS) is 11.8. The van der Waals surface area contributed by atoms with Crippen molar-refractivity contribution in [1.29, 1.82) is 5.41 Å². The lowest BCUT2D eigenvalue weighted by atomic mass is 9.97. The van der Waals surface area contributed by atoms with E-state index in [1.165, 1.54) is 35.6 Å². The molecule has 0 unspecified atom stereocenters. The van der Waals surface area contributed by atoms with Gasteiger partial charge in [-0.05, 0) is 50.1 Å². The molecule has 0 fully saturated rings. The van der Waals surface area contributed by atoms with Gasteiger partial charge in [0, 0.05) is 17.7 Å². The first-order valence-electron chi connectivity index (χ1n) is 9.59. The quantitative estimate of drug-likeness (QED) is 0.226. The van der Waals surface area contributed by atoms with Gasteiger partial charge >= 0.3 is 12.5 Å². The van der Waals surface area contributed by atoms with E-state index >= 15 is 0 Å². The molecule has 1 aromatic heterocycles. The molecule has 0 aliphatic rings.